The van der Waals surface area contributed by atoms with Gasteiger partial charge in [0.05, 0.1) is 36.8 Å². The van der Waals surface area contributed by atoms with E-state index in [9.17, 15) is 5.11 Å². The molecule has 0 radical (unpaired) electrons. The lowest BCUT2D eigenvalue weighted by molar-refractivity contribution is 0.0236. The van der Waals surface area contributed by atoms with Crippen LogP contribution in [0.5, 0.6) is 17.4 Å². The average Bonchev–Trinajstić information content (AvgIpc) is 3.14. The Morgan fingerprint density at radius 2 is 1.83 bits per heavy atom. The number of hydrogen-bond donors (Lipinski definition) is 1. The predicted octanol–water partition coefficient (Wildman–Crippen LogP) is 4.45. The highest BCUT2D eigenvalue weighted by Crippen LogP contribution is 2.33. The molecule has 0 spiro atoms. The molecule has 0 aliphatic heterocycles. The van der Waals surface area contributed by atoms with Crippen molar-refractivity contribution in [3.8, 4) is 35.4 Å². The Bertz CT molecular complexity index is 1110. The molecule has 35 heavy (non-hydrogen) atoms. The van der Waals surface area contributed by atoms with Gasteiger partial charge < -0.3 is 19.3 Å². The molecule has 1 atom stereocenters. The zero-order valence-corrected chi connectivity index (χ0v) is 21.0. The van der Waals surface area contributed by atoms with Crippen LogP contribution in [0.25, 0.3) is 5.69 Å². The molecule has 7 heteroatoms. The third-order valence-electron chi connectivity index (χ3n) is 5.36. The minimum atomic E-state index is -0.658. The number of terminal acetylenes is 1. The van der Waals surface area contributed by atoms with Gasteiger partial charge in [0.2, 0.25) is 5.88 Å². The van der Waals surface area contributed by atoms with Crippen LogP contribution in [-0.4, -0.2) is 59.3 Å². The second-order valence-electron chi connectivity index (χ2n) is 8.86. The molecule has 0 fully saturated rings. The van der Waals surface area contributed by atoms with Gasteiger partial charge in [0.25, 0.3) is 0 Å². The van der Waals surface area contributed by atoms with Gasteiger partial charge in [0.1, 0.15) is 18.1 Å². The Hall–Kier alpha value is -3.31. The predicted molar refractivity (Wildman–Crippen MR) is 137 cm³/mol. The quantitative estimate of drug-likeness (QED) is 0.290. The van der Waals surface area contributed by atoms with Crippen LogP contribution in [-0.2, 0) is 11.3 Å². The minimum Gasteiger partial charge on any atom is -0.497 e. The summed E-state index contributed by atoms with van der Waals surface area (Å²) >= 11 is 0. The van der Waals surface area contributed by atoms with Crippen LogP contribution in [0, 0.1) is 25.2 Å². The van der Waals surface area contributed by atoms with E-state index in [4.69, 9.17) is 25.7 Å². The Balaban J connectivity index is 1.95. The molecule has 0 aliphatic rings. The molecule has 3 aromatic rings. The van der Waals surface area contributed by atoms with Crippen LogP contribution in [0.3, 0.4) is 0 Å². The number of aryl methyl sites for hydroxylation is 1. The average molecular weight is 478 g/mol. The van der Waals surface area contributed by atoms with Gasteiger partial charge in [0, 0.05) is 25.7 Å². The highest BCUT2D eigenvalue weighted by molar-refractivity contribution is 5.44. The molecular weight excluding hydrogens is 442 g/mol. The third-order valence-corrected chi connectivity index (χ3v) is 5.36. The lowest BCUT2D eigenvalue weighted by Crippen LogP contribution is -2.37. The van der Waals surface area contributed by atoms with Gasteiger partial charge >= 0.3 is 0 Å². The van der Waals surface area contributed by atoms with Gasteiger partial charge in [-0.1, -0.05) is 44.0 Å². The van der Waals surface area contributed by atoms with Crippen molar-refractivity contribution in [2.75, 3.05) is 33.4 Å². The first kappa shape index (κ1) is 26.3. The summed E-state index contributed by atoms with van der Waals surface area (Å²) in [6.45, 7) is 8.45. The van der Waals surface area contributed by atoms with E-state index >= 15 is 0 Å². The molecule has 2 aromatic carbocycles. The van der Waals surface area contributed by atoms with Crippen molar-refractivity contribution in [1.82, 2.24) is 14.7 Å². The molecule has 0 saturated heterocycles. The minimum absolute atomic E-state index is 0.183. The Morgan fingerprint density at radius 1 is 1.09 bits per heavy atom. The van der Waals surface area contributed by atoms with Gasteiger partial charge in [-0.3, -0.25) is 4.90 Å². The third kappa shape index (κ3) is 7.59. The number of benzene rings is 2. The Labute approximate surface area is 208 Å². The van der Waals surface area contributed by atoms with Crippen molar-refractivity contribution in [1.29, 1.82) is 0 Å². The number of ether oxygens (including phenoxy) is 3. The van der Waals surface area contributed by atoms with Crippen molar-refractivity contribution in [2.45, 2.75) is 33.4 Å². The molecule has 0 saturated carbocycles. The molecule has 7 nitrogen and oxygen atoms in total. The van der Waals surface area contributed by atoms with Crippen molar-refractivity contribution >= 4 is 0 Å². The molecule has 3 rings (SSSR count). The summed E-state index contributed by atoms with van der Waals surface area (Å²) in [7, 11) is 1.63. The number of rotatable bonds is 13. The summed E-state index contributed by atoms with van der Waals surface area (Å²) < 4.78 is 19.0. The monoisotopic (exact) mass is 477 g/mol. The van der Waals surface area contributed by atoms with Crippen LogP contribution < -0.4 is 9.47 Å². The molecule has 1 aromatic heterocycles. The zero-order valence-electron chi connectivity index (χ0n) is 21.0. The van der Waals surface area contributed by atoms with Crippen molar-refractivity contribution < 1.29 is 19.3 Å². The summed E-state index contributed by atoms with van der Waals surface area (Å²) in [5.41, 5.74) is 2.71. The van der Waals surface area contributed by atoms with Gasteiger partial charge in [0.15, 0.2) is 0 Å². The summed E-state index contributed by atoms with van der Waals surface area (Å²) in [5.74, 6) is 4.83. The van der Waals surface area contributed by atoms with Crippen LogP contribution >= 0.6 is 0 Å². The highest BCUT2D eigenvalue weighted by Gasteiger charge is 2.23. The van der Waals surface area contributed by atoms with Crippen molar-refractivity contribution in [2.24, 2.45) is 5.92 Å². The fourth-order valence-electron chi connectivity index (χ4n) is 3.89. The van der Waals surface area contributed by atoms with E-state index in [0.717, 1.165) is 23.5 Å². The SMILES string of the molecule is C#CCOCC(O)CN(Cc1c(C)nn(-c2ccccc2)c1Oc1cccc(OC)c1)CC(C)C. The maximum atomic E-state index is 10.6. The second-order valence-corrected chi connectivity index (χ2v) is 8.86. The number of hydrogen-bond acceptors (Lipinski definition) is 6. The highest BCUT2D eigenvalue weighted by atomic mass is 16.5. The smallest absolute Gasteiger partial charge is 0.227 e. The molecule has 1 N–H and O–H groups in total. The van der Waals surface area contributed by atoms with Crippen LogP contribution in [0.1, 0.15) is 25.1 Å². The maximum Gasteiger partial charge on any atom is 0.227 e. The standard InChI is InChI=1S/C28H35N3O4/c1-6-15-34-20-24(32)18-30(17-21(2)3)19-27-22(4)29-31(23-11-8-7-9-12-23)28(27)35-26-14-10-13-25(16-26)33-5/h1,7-14,16,21,24,32H,15,17-20H2,2-5H3. The normalized spacial score (nSPS) is 12.1. The van der Waals surface area contributed by atoms with Crippen LogP contribution in [0.2, 0.25) is 0 Å². The molecule has 186 valence electrons. The van der Waals surface area contributed by atoms with E-state index in [0.29, 0.717) is 36.4 Å². The van der Waals surface area contributed by atoms with E-state index in [1.165, 1.54) is 0 Å². The molecular formula is C28H35N3O4. The van der Waals surface area contributed by atoms with Crippen LogP contribution in [0.4, 0.5) is 0 Å². The molecule has 0 aliphatic carbocycles. The summed E-state index contributed by atoms with van der Waals surface area (Å²) in [6.07, 6.45) is 4.59. The lowest BCUT2D eigenvalue weighted by atomic mass is 10.1. The van der Waals surface area contributed by atoms with Gasteiger partial charge in [-0.15, -0.1) is 6.42 Å². The number of nitrogens with zero attached hydrogens (tertiary/aromatic N) is 3. The van der Waals surface area contributed by atoms with E-state index in [2.05, 4.69) is 24.7 Å². The summed E-state index contributed by atoms with van der Waals surface area (Å²) in [4.78, 5) is 2.20. The van der Waals surface area contributed by atoms with E-state index in [-0.39, 0.29) is 13.2 Å². The topological polar surface area (TPSA) is 69.0 Å². The number of aliphatic hydroxyl groups is 1. The molecule has 0 bridgehead atoms. The van der Waals surface area contributed by atoms with E-state index in [1.807, 2.05) is 66.2 Å². The van der Waals surface area contributed by atoms with Gasteiger partial charge in [-0.05, 0) is 37.1 Å². The van der Waals surface area contributed by atoms with Crippen molar-refractivity contribution in [3.63, 3.8) is 0 Å². The first-order chi connectivity index (χ1) is 16.9. The van der Waals surface area contributed by atoms with Gasteiger partial charge in [-0.2, -0.15) is 5.10 Å². The first-order valence-corrected chi connectivity index (χ1v) is 11.8. The maximum absolute atomic E-state index is 10.6. The van der Waals surface area contributed by atoms with E-state index in [1.54, 1.807) is 7.11 Å². The van der Waals surface area contributed by atoms with Crippen molar-refractivity contribution in [3.05, 3.63) is 65.9 Å². The van der Waals surface area contributed by atoms with E-state index < -0.39 is 6.10 Å². The van der Waals surface area contributed by atoms with Gasteiger partial charge in [-0.25, -0.2) is 4.68 Å². The summed E-state index contributed by atoms with van der Waals surface area (Å²) in [6, 6.07) is 17.4. The fourth-order valence-corrected chi connectivity index (χ4v) is 3.89. The Morgan fingerprint density at radius 3 is 2.51 bits per heavy atom. The lowest BCUT2D eigenvalue weighted by Gasteiger charge is -2.27. The molecule has 0 amide bonds. The second kappa shape index (κ2) is 13.0. The first-order valence-electron chi connectivity index (χ1n) is 11.8. The number of methoxy groups -OCH3 is 1. The molecule has 1 heterocycles. The van der Waals surface area contributed by atoms with Crippen LogP contribution in [0.15, 0.2) is 54.6 Å². The Kier molecular flexibility index (Phi) is 9.74. The number of aromatic nitrogens is 2. The fraction of sp³-hybridized carbons (Fsp3) is 0.393. The largest absolute Gasteiger partial charge is 0.497 e. The molecule has 1 unspecified atom stereocenters. The number of aliphatic hydroxyl groups excluding tert-OH is 1. The zero-order chi connectivity index (χ0) is 25.2. The summed E-state index contributed by atoms with van der Waals surface area (Å²) in [5, 5.41) is 15.4. The number of para-hydroxylation sites is 1.